The molecule has 2 rings (SSSR count). The molecule has 1 aromatic carbocycles. The van der Waals surface area contributed by atoms with Gasteiger partial charge in [-0.1, -0.05) is 0 Å². The fourth-order valence-electron chi connectivity index (χ4n) is 1.21. The van der Waals surface area contributed by atoms with Crippen molar-refractivity contribution in [2.24, 2.45) is 0 Å². The highest BCUT2D eigenvalue weighted by atomic mass is 79.9. The van der Waals surface area contributed by atoms with Gasteiger partial charge in [-0.15, -0.1) is 0 Å². The smallest absolute Gasteiger partial charge is 0.141 e. The van der Waals surface area contributed by atoms with Crippen LogP contribution in [0.5, 0.6) is 0 Å². The van der Waals surface area contributed by atoms with Gasteiger partial charge in [-0.3, -0.25) is 0 Å². The van der Waals surface area contributed by atoms with Gasteiger partial charge in [-0.2, -0.15) is 5.26 Å². The number of hydrogen-bond acceptors (Lipinski definition) is 2. The number of pyridine rings is 1. The summed E-state index contributed by atoms with van der Waals surface area (Å²) in [6.45, 7) is 0. The first-order valence-corrected chi connectivity index (χ1v) is 4.66. The minimum Gasteiger partial charge on any atom is -0.236 e. The highest BCUT2D eigenvalue weighted by Crippen LogP contribution is 2.24. The summed E-state index contributed by atoms with van der Waals surface area (Å²) in [6.07, 6.45) is 0. The lowest BCUT2D eigenvalue weighted by Gasteiger charge is -2.00. The molecule has 1 aromatic heterocycles. The van der Waals surface area contributed by atoms with Crippen LogP contribution in [0.2, 0.25) is 0 Å². The second kappa shape index (κ2) is 3.35. The normalized spacial score (nSPS) is 10.1. The Labute approximate surface area is 88.1 Å². The first kappa shape index (κ1) is 9.10. The van der Waals surface area contributed by atoms with Gasteiger partial charge in [0.2, 0.25) is 0 Å². The molecule has 2 nitrogen and oxygen atoms in total. The van der Waals surface area contributed by atoms with E-state index in [1.807, 2.05) is 6.07 Å². The summed E-state index contributed by atoms with van der Waals surface area (Å²) in [4.78, 5) is 4.01. The van der Waals surface area contributed by atoms with Crippen LogP contribution in [-0.4, -0.2) is 4.98 Å². The summed E-state index contributed by atoms with van der Waals surface area (Å²) in [7, 11) is 0. The standard InChI is InChI=1S/C10H4BrFN2/c11-8-3-4-9(12)7-2-1-6(5-13)14-10(7)8/h1-4H. The lowest BCUT2D eigenvalue weighted by Crippen LogP contribution is -1.88. The lowest BCUT2D eigenvalue weighted by atomic mass is 10.2. The molecule has 0 spiro atoms. The number of hydrogen-bond donors (Lipinski definition) is 0. The van der Waals surface area contributed by atoms with Gasteiger partial charge in [0.1, 0.15) is 17.6 Å². The van der Waals surface area contributed by atoms with Crippen LogP contribution in [0.15, 0.2) is 28.7 Å². The lowest BCUT2D eigenvalue weighted by molar-refractivity contribution is 0.639. The molecule has 4 heteroatoms. The van der Waals surface area contributed by atoms with E-state index >= 15 is 0 Å². The van der Waals surface area contributed by atoms with Crippen molar-refractivity contribution in [2.75, 3.05) is 0 Å². The molecule has 2 aromatic rings. The number of rotatable bonds is 0. The van der Waals surface area contributed by atoms with Crippen molar-refractivity contribution in [2.45, 2.75) is 0 Å². The zero-order chi connectivity index (χ0) is 10.1. The predicted octanol–water partition coefficient (Wildman–Crippen LogP) is 3.01. The minimum absolute atomic E-state index is 0.281. The summed E-state index contributed by atoms with van der Waals surface area (Å²) in [5.41, 5.74) is 0.757. The summed E-state index contributed by atoms with van der Waals surface area (Å²) in [5, 5.41) is 9.05. The van der Waals surface area contributed by atoms with Crippen molar-refractivity contribution >= 4 is 26.8 Å². The molecule has 0 aliphatic rings. The van der Waals surface area contributed by atoms with Crippen LogP contribution >= 0.6 is 15.9 Å². The summed E-state index contributed by atoms with van der Waals surface area (Å²) >= 11 is 3.26. The van der Waals surface area contributed by atoms with Crippen LogP contribution in [0.25, 0.3) is 10.9 Å². The molecule has 0 bridgehead atoms. The van der Waals surface area contributed by atoms with Crippen LogP contribution in [0.3, 0.4) is 0 Å². The molecule has 0 unspecified atom stereocenters. The van der Waals surface area contributed by atoms with Crippen LogP contribution in [0.4, 0.5) is 4.39 Å². The number of nitrogens with zero attached hydrogens (tertiary/aromatic N) is 2. The molecule has 14 heavy (non-hydrogen) atoms. The van der Waals surface area contributed by atoms with E-state index in [9.17, 15) is 4.39 Å². The van der Waals surface area contributed by atoms with E-state index in [-0.39, 0.29) is 11.5 Å². The van der Waals surface area contributed by atoms with Crippen molar-refractivity contribution in [3.05, 3.63) is 40.2 Å². The van der Waals surface area contributed by atoms with E-state index in [1.165, 1.54) is 12.1 Å². The van der Waals surface area contributed by atoms with Crippen molar-refractivity contribution in [1.29, 1.82) is 5.26 Å². The average Bonchev–Trinajstić information content (AvgIpc) is 2.23. The van der Waals surface area contributed by atoms with E-state index in [1.54, 1.807) is 12.1 Å². The van der Waals surface area contributed by atoms with Gasteiger partial charge in [0.05, 0.1) is 5.52 Å². The third-order valence-corrected chi connectivity index (χ3v) is 2.51. The Morgan fingerprint density at radius 1 is 1.29 bits per heavy atom. The Balaban J connectivity index is 2.89. The predicted molar refractivity (Wildman–Crippen MR) is 54.1 cm³/mol. The quantitative estimate of drug-likeness (QED) is 0.721. The molecule has 0 radical (unpaired) electrons. The van der Waals surface area contributed by atoms with E-state index in [2.05, 4.69) is 20.9 Å². The Morgan fingerprint density at radius 3 is 2.79 bits per heavy atom. The zero-order valence-corrected chi connectivity index (χ0v) is 8.55. The Morgan fingerprint density at radius 2 is 2.07 bits per heavy atom. The van der Waals surface area contributed by atoms with Gasteiger partial charge in [-0.25, -0.2) is 9.37 Å². The number of halogens is 2. The summed E-state index contributed by atoms with van der Waals surface area (Å²) in [6, 6.07) is 7.90. The SMILES string of the molecule is N#Cc1ccc2c(F)ccc(Br)c2n1. The van der Waals surface area contributed by atoms with Crippen molar-refractivity contribution < 1.29 is 4.39 Å². The number of aromatic nitrogens is 1. The third-order valence-electron chi connectivity index (χ3n) is 1.87. The first-order chi connectivity index (χ1) is 6.72. The van der Waals surface area contributed by atoms with Crippen molar-refractivity contribution in [3.63, 3.8) is 0 Å². The van der Waals surface area contributed by atoms with E-state index in [4.69, 9.17) is 5.26 Å². The maximum absolute atomic E-state index is 13.3. The molecule has 0 fully saturated rings. The minimum atomic E-state index is -0.333. The molecule has 68 valence electrons. The fourth-order valence-corrected chi connectivity index (χ4v) is 1.65. The topological polar surface area (TPSA) is 36.7 Å². The third kappa shape index (κ3) is 1.36. The maximum Gasteiger partial charge on any atom is 0.141 e. The fraction of sp³-hybridized carbons (Fsp3) is 0. The Kier molecular flexibility index (Phi) is 2.18. The van der Waals surface area contributed by atoms with Gasteiger partial charge in [0, 0.05) is 9.86 Å². The molecule has 0 saturated carbocycles. The number of benzene rings is 1. The van der Waals surface area contributed by atoms with Gasteiger partial charge < -0.3 is 0 Å². The molecular formula is C10H4BrFN2. The molecule has 0 amide bonds. The van der Waals surface area contributed by atoms with Crippen LogP contribution in [0.1, 0.15) is 5.69 Å². The van der Waals surface area contributed by atoms with E-state index < -0.39 is 0 Å². The highest BCUT2D eigenvalue weighted by molar-refractivity contribution is 9.10. The molecule has 1 heterocycles. The van der Waals surface area contributed by atoms with E-state index in [0.717, 1.165) is 0 Å². The summed E-state index contributed by atoms with van der Waals surface area (Å²) in [5.74, 6) is -0.333. The largest absolute Gasteiger partial charge is 0.236 e. The van der Waals surface area contributed by atoms with Crippen molar-refractivity contribution in [3.8, 4) is 6.07 Å². The van der Waals surface area contributed by atoms with Crippen LogP contribution in [-0.2, 0) is 0 Å². The monoisotopic (exact) mass is 250 g/mol. The number of fused-ring (bicyclic) bond motifs is 1. The molecule has 0 aliphatic carbocycles. The maximum atomic E-state index is 13.3. The molecule has 0 atom stereocenters. The van der Waals surface area contributed by atoms with Crippen molar-refractivity contribution in [1.82, 2.24) is 4.98 Å². The number of nitriles is 1. The molecule has 0 N–H and O–H groups in total. The second-order valence-corrected chi connectivity index (χ2v) is 3.59. The molecule has 0 saturated heterocycles. The first-order valence-electron chi connectivity index (χ1n) is 3.87. The highest BCUT2D eigenvalue weighted by Gasteiger charge is 2.05. The van der Waals surface area contributed by atoms with Crippen LogP contribution in [0, 0.1) is 17.1 Å². The van der Waals surface area contributed by atoms with Gasteiger partial charge in [-0.05, 0) is 40.2 Å². The average molecular weight is 251 g/mol. The second-order valence-electron chi connectivity index (χ2n) is 2.73. The Hall–Kier alpha value is -1.47. The zero-order valence-electron chi connectivity index (χ0n) is 6.96. The molecule has 0 aliphatic heterocycles. The molecular weight excluding hydrogens is 247 g/mol. The Bertz CT molecular complexity index is 546. The van der Waals surface area contributed by atoms with Gasteiger partial charge in [0.15, 0.2) is 0 Å². The van der Waals surface area contributed by atoms with Gasteiger partial charge in [0.25, 0.3) is 0 Å². The van der Waals surface area contributed by atoms with Gasteiger partial charge >= 0.3 is 0 Å². The van der Waals surface area contributed by atoms with Crippen LogP contribution < -0.4 is 0 Å². The summed E-state index contributed by atoms with van der Waals surface area (Å²) < 4.78 is 13.9. The van der Waals surface area contributed by atoms with E-state index in [0.29, 0.717) is 15.4 Å².